The molecule has 5 rings (SSSR count). The molecule has 9 heteroatoms. The van der Waals surface area contributed by atoms with E-state index in [0.29, 0.717) is 37.4 Å². The topological polar surface area (TPSA) is 81.5 Å². The molecule has 2 aliphatic rings. The second-order valence-electron chi connectivity index (χ2n) is 8.33. The summed E-state index contributed by atoms with van der Waals surface area (Å²) in [6, 6.07) is 11.4. The lowest BCUT2D eigenvalue weighted by atomic mass is 10.1. The first kappa shape index (κ1) is 21.5. The molecule has 0 saturated carbocycles. The van der Waals surface area contributed by atoms with Gasteiger partial charge in [0.15, 0.2) is 5.82 Å². The van der Waals surface area contributed by atoms with Crippen LogP contribution in [0, 0.1) is 5.82 Å². The third-order valence-corrected chi connectivity index (χ3v) is 6.09. The van der Waals surface area contributed by atoms with Crippen LogP contribution in [0.15, 0.2) is 53.6 Å². The molecule has 4 heterocycles. The van der Waals surface area contributed by atoms with E-state index in [1.54, 1.807) is 7.05 Å². The minimum atomic E-state index is -0.512. The van der Waals surface area contributed by atoms with Crippen molar-refractivity contribution in [1.29, 1.82) is 0 Å². The first-order chi connectivity index (χ1) is 16.1. The van der Waals surface area contributed by atoms with Gasteiger partial charge in [-0.15, -0.1) is 0 Å². The quantitative estimate of drug-likeness (QED) is 0.639. The second kappa shape index (κ2) is 9.29. The summed E-state index contributed by atoms with van der Waals surface area (Å²) in [4.78, 5) is 23.1. The predicted octanol–water partition coefficient (Wildman–Crippen LogP) is 2.76. The van der Waals surface area contributed by atoms with Crippen LogP contribution in [0.25, 0.3) is 11.3 Å². The van der Waals surface area contributed by atoms with Crippen molar-refractivity contribution in [2.45, 2.75) is 18.6 Å². The summed E-state index contributed by atoms with van der Waals surface area (Å²) >= 11 is 0. The monoisotopic (exact) mass is 451 g/mol. The Kier molecular flexibility index (Phi) is 6.06. The smallest absolute Gasteiger partial charge is 0.255 e. The standard InChI is InChI=1S/C24H26FN5O3/c1-29-23(31)12-21(19-6-8-26-13-20(19)25)28-24(29)30-9-11-33-22(14-30)16-2-4-17(5-3-16)27-18-7-10-32-15-18/h2-6,8,12-13,18,22,27H,7,9-11,14-15H2,1H3/t18-,22-/m1/s1. The van der Waals surface area contributed by atoms with E-state index in [-0.39, 0.29) is 17.2 Å². The Bertz CT molecular complexity index is 1180. The minimum absolute atomic E-state index is 0.166. The van der Waals surface area contributed by atoms with Crippen molar-refractivity contribution in [1.82, 2.24) is 14.5 Å². The third kappa shape index (κ3) is 4.60. The van der Waals surface area contributed by atoms with Crippen molar-refractivity contribution in [3.63, 3.8) is 0 Å². The van der Waals surface area contributed by atoms with E-state index < -0.39 is 5.82 Å². The molecule has 2 saturated heterocycles. The van der Waals surface area contributed by atoms with Gasteiger partial charge in [-0.2, -0.15) is 0 Å². The number of nitrogens with one attached hydrogen (secondary N) is 1. The van der Waals surface area contributed by atoms with Crippen molar-refractivity contribution in [3.05, 3.63) is 70.5 Å². The third-order valence-electron chi connectivity index (χ3n) is 6.09. The maximum atomic E-state index is 14.3. The molecule has 0 spiro atoms. The highest BCUT2D eigenvalue weighted by atomic mass is 19.1. The first-order valence-electron chi connectivity index (χ1n) is 11.1. The van der Waals surface area contributed by atoms with Crippen LogP contribution in [0.4, 0.5) is 16.0 Å². The molecule has 0 amide bonds. The van der Waals surface area contributed by atoms with Crippen LogP contribution in [-0.4, -0.2) is 53.5 Å². The zero-order valence-electron chi connectivity index (χ0n) is 18.4. The number of halogens is 1. The molecule has 172 valence electrons. The molecule has 2 aromatic heterocycles. The Labute approximate surface area is 191 Å². The van der Waals surface area contributed by atoms with Gasteiger partial charge in [0.25, 0.3) is 5.56 Å². The van der Waals surface area contributed by atoms with Crippen LogP contribution in [0.5, 0.6) is 0 Å². The van der Waals surface area contributed by atoms with E-state index in [4.69, 9.17) is 9.47 Å². The summed E-state index contributed by atoms with van der Waals surface area (Å²) in [7, 11) is 1.68. The van der Waals surface area contributed by atoms with Crippen LogP contribution in [0.3, 0.4) is 0 Å². The van der Waals surface area contributed by atoms with E-state index in [9.17, 15) is 9.18 Å². The number of pyridine rings is 1. The van der Waals surface area contributed by atoms with E-state index in [0.717, 1.165) is 37.1 Å². The van der Waals surface area contributed by atoms with Gasteiger partial charge in [-0.1, -0.05) is 12.1 Å². The molecule has 0 unspecified atom stereocenters. The molecule has 0 radical (unpaired) electrons. The maximum absolute atomic E-state index is 14.3. The lowest BCUT2D eigenvalue weighted by molar-refractivity contribution is 0.0390. The van der Waals surface area contributed by atoms with Gasteiger partial charge < -0.3 is 19.7 Å². The largest absolute Gasteiger partial charge is 0.380 e. The number of ether oxygens (including phenoxy) is 2. The average Bonchev–Trinajstić information content (AvgIpc) is 3.35. The molecule has 1 aromatic carbocycles. The fraction of sp³-hybridized carbons (Fsp3) is 0.375. The number of hydrogen-bond donors (Lipinski definition) is 1. The molecule has 3 aromatic rings. The number of nitrogens with zero attached hydrogens (tertiary/aromatic N) is 4. The Morgan fingerprint density at radius 2 is 2.03 bits per heavy atom. The summed E-state index contributed by atoms with van der Waals surface area (Å²) in [6.07, 6.45) is 3.45. The van der Waals surface area contributed by atoms with Crippen LogP contribution in [0.1, 0.15) is 18.1 Å². The Hall–Kier alpha value is -3.30. The summed E-state index contributed by atoms with van der Waals surface area (Å²) in [5.74, 6) is -0.0246. The molecule has 0 bridgehead atoms. The maximum Gasteiger partial charge on any atom is 0.255 e. The summed E-state index contributed by atoms with van der Waals surface area (Å²) in [5.41, 5.74) is 2.40. The van der Waals surface area contributed by atoms with E-state index in [1.165, 1.54) is 22.9 Å². The zero-order chi connectivity index (χ0) is 22.8. The van der Waals surface area contributed by atoms with Crippen LogP contribution < -0.4 is 15.8 Å². The van der Waals surface area contributed by atoms with Gasteiger partial charge in [0.05, 0.1) is 37.7 Å². The SMILES string of the molecule is Cn1c(N2CCO[C@@H](c3ccc(N[C@@H]4CCOC4)cc3)C2)nc(-c2ccncc2F)cc1=O. The van der Waals surface area contributed by atoms with Gasteiger partial charge in [0, 0.05) is 43.7 Å². The number of hydrogen-bond acceptors (Lipinski definition) is 7. The molecule has 0 aliphatic carbocycles. The average molecular weight is 452 g/mol. The summed E-state index contributed by atoms with van der Waals surface area (Å²) in [5, 5.41) is 3.49. The molecule has 1 N–H and O–H groups in total. The normalized spacial score (nSPS) is 20.7. The minimum Gasteiger partial charge on any atom is -0.380 e. The fourth-order valence-corrected chi connectivity index (χ4v) is 4.24. The van der Waals surface area contributed by atoms with Crippen LogP contribution in [-0.2, 0) is 16.5 Å². The number of aromatic nitrogens is 3. The number of benzene rings is 1. The van der Waals surface area contributed by atoms with Gasteiger partial charge in [-0.05, 0) is 30.2 Å². The Morgan fingerprint density at radius 3 is 2.79 bits per heavy atom. The fourth-order valence-electron chi connectivity index (χ4n) is 4.24. The van der Waals surface area contributed by atoms with Gasteiger partial charge in [0.1, 0.15) is 6.10 Å². The lowest BCUT2D eigenvalue weighted by Gasteiger charge is -2.34. The van der Waals surface area contributed by atoms with E-state index >= 15 is 0 Å². The highest BCUT2D eigenvalue weighted by molar-refractivity contribution is 5.60. The Morgan fingerprint density at radius 1 is 1.18 bits per heavy atom. The molecule has 2 atom stereocenters. The number of morpholine rings is 1. The highest BCUT2D eigenvalue weighted by Gasteiger charge is 2.25. The first-order valence-corrected chi connectivity index (χ1v) is 11.1. The van der Waals surface area contributed by atoms with E-state index in [1.807, 2.05) is 4.90 Å². The van der Waals surface area contributed by atoms with Crippen LogP contribution in [0.2, 0.25) is 0 Å². The lowest BCUT2D eigenvalue weighted by Crippen LogP contribution is -2.41. The molecule has 33 heavy (non-hydrogen) atoms. The molecule has 2 fully saturated rings. The van der Waals surface area contributed by atoms with Crippen molar-refractivity contribution >= 4 is 11.6 Å². The molecule has 2 aliphatic heterocycles. The van der Waals surface area contributed by atoms with Crippen molar-refractivity contribution < 1.29 is 13.9 Å². The van der Waals surface area contributed by atoms with Crippen LogP contribution >= 0.6 is 0 Å². The number of anilines is 2. The molecular formula is C24H26FN5O3. The van der Waals surface area contributed by atoms with Gasteiger partial charge in [-0.3, -0.25) is 14.3 Å². The highest BCUT2D eigenvalue weighted by Crippen LogP contribution is 2.27. The van der Waals surface area contributed by atoms with Crippen molar-refractivity contribution in [3.8, 4) is 11.3 Å². The van der Waals surface area contributed by atoms with Gasteiger partial charge in [0.2, 0.25) is 5.95 Å². The molecule has 8 nitrogen and oxygen atoms in total. The zero-order valence-corrected chi connectivity index (χ0v) is 18.4. The predicted molar refractivity (Wildman–Crippen MR) is 123 cm³/mol. The second-order valence-corrected chi connectivity index (χ2v) is 8.33. The Balaban J connectivity index is 1.36. The van der Waals surface area contributed by atoms with Crippen molar-refractivity contribution in [2.24, 2.45) is 7.05 Å². The number of rotatable bonds is 5. The van der Waals surface area contributed by atoms with Gasteiger partial charge in [-0.25, -0.2) is 9.37 Å². The summed E-state index contributed by atoms with van der Waals surface area (Å²) in [6.45, 7) is 3.14. The van der Waals surface area contributed by atoms with E-state index in [2.05, 4.69) is 39.6 Å². The van der Waals surface area contributed by atoms with Crippen molar-refractivity contribution in [2.75, 3.05) is 43.1 Å². The van der Waals surface area contributed by atoms with Gasteiger partial charge >= 0.3 is 0 Å². The molecular weight excluding hydrogens is 425 g/mol. The summed E-state index contributed by atoms with van der Waals surface area (Å²) < 4.78 is 27.2.